The lowest BCUT2D eigenvalue weighted by atomic mass is 9.98. The number of carbonyl (C=O) groups excluding carboxylic acids is 1. The van der Waals surface area contributed by atoms with Gasteiger partial charge in [-0.15, -0.1) is 0 Å². The van der Waals surface area contributed by atoms with Crippen LogP contribution in [0.5, 0.6) is 5.75 Å². The summed E-state index contributed by atoms with van der Waals surface area (Å²) < 4.78 is 11.4. The Bertz CT molecular complexity index is 1120. The number of fused-ring (bicyclic) bond motifs is 3. The highest BCUT2D eigenvalue weighted by molar-refractivity contribution is 9.10. The molecule has 3 aromatic carbocycles. The number of aliphatic carboxylic acids is 1. The van der Waals surface area contributed by atoms with E-state index in [1.807, 2.05) is 36.4 Å². The van der Waals surface area contributed by atoms with E-state index in [-0.39, 0.29) is 18.9 Å². The maximum Gasteiger partial charge on any atom is 0.407 e. The van der Waals surface area contributed by atoms with Crippen molar-refractivity contribution in [2.75, 3.05) is 13.7 Å². The monoisotopic (exact) mass is 495 g/mol. The minimum atomic E-state index is -1.13. The van der Waals surface area contributed by atoms with Crippen molar-refractivity contribution < 1.29 is 24.2 Å². The summed E-state index contributed by atoms with van der Waals surface area (Å²) in [6.07, 6.45) is -0.644. The van der Waals surface area contributed by atoms with Gasteiger partial charge in [0.1, 0.15) is 18.4 Å². The van der Waals surface area contributed by atoms with Gasteiger partial charge in [0.15, 0.2) is 0 Å². The fourth-order valence-electron chi connectivity index (χ4n) is 4.05. The lowest BCUT2D eigenvalue weighted by molar-refractivity contribution is -0.139. The van der Waals surface area contributed by atoms with Crippen molar-refractivity contribution in [1.82, 2.24) is 5.32 Å². The van der Waals surface area contributed by atoms with E-state index in [0.717, 1.165) is 27.8 Å². The second-order valence-corrected chi connectivity index (χ2v) is 8.39. The van der Waals surface area contributed by atoms with Gasteiger partial charge in [-0.25, -0.2) is 9.59 Å². The number of hydrogen-bond donors (Lipinski definition) is 2. The number of alkyl carbamates (subject to hydrolysis) is 1. The van der Waals surface area contributed by atoms with E-state index in [0.29, 0.717) is 10.2 Å². The zero-order valence-corrected chi connectivity index (χ0v) is 19.0. The predicted molar refractivity (Wildman–Crippen MR) is 124 cm³/mol. The van der Waals surface area contributed by atoms with E-state index in [1.165, 1.54) is 0 Å². The largest absolute Gasteiger partial charge is 0.496 e. The molecule has 1 atom stereocenters. The summed E-state index contributed by atoms with van der Waals surface area (Å²) >= 11 is 3.39. The number of amides is 1. The van der Waals surface area contributed by atoms with Crippen LogP contribution >= 0.6 is 15.9 Å². The third-order valence-electron chi connectivity index (χ3n) is 5.59. The van der Waals surface area contributed by atoms with Gasteiger partial charge in [-0.2, -0.15) is 0 Å². The number of carbonyl (C=O) groups is 2. The SMILES string of the molecule is COc1ccc(CC(NC(=O)OCC2c3ccccc3-c3ccccc32)C(=O)O)cc1Br. The second-order valence-electron chi connectivity index (χ2n) is 7.53. The van der Waals surface area contributed by atoms with Crippen molar-refractivity contribution >= 4 is 28.0 Å². The molecule has 1 aliphatic carbocycles. The Morgan fingerprint density at radius 2 is 1.66 bits per heavy atom. The zero-order chi connectivity index (χ0) is 22.7. The van der Waals surface area contributed by atoms with Crippen LogP contribution in [0.3, 0.4) is 0 Å². The van der Waals surface area contributed by atoms with Crippen LogP contribution in [-0.2, 0) is 16.0 Å². The molecule has 1 aliphatic rings. The predicted octanol–water partition coefficient (Wildman–Crippen LogP) is 4.99. The average molecular weight is 496 g/mol. The second kappa shape index (κ2) is 9.44. The Kier molecular flexibility index (Phi) is 6.46. The number of carboxylic acids is 1. The minimum absolute atomic E-state index is 0.0889. The molecule has 0 aromatic heterocycles. The van der Waals surface area contributed by atoms with Gasteiger partial charge in [0, 0.05) is 12.3 Å². The summed E-state index contributed by atoms with van der Waals surface area (Å²) in [5.74, 6) is -0.579. The van der Waals surface area contributed by atoms with Crippen molar-refractivity contribution in [3.63, 3.8) is 0 Å². The molecule has 32 heavy (non-hydrogen) atoms. The topological polar surface area (TPSA) is 84.9 Å². The van der Waals surface area contributed by atoms with Crippen LogP contribution in [0.2, 0.25) is 0 Å². The Hall–Kier alpha value is -3.32. The molecule has 0 bridgehead atoms. The lowest BCUT2D eigenvalue weighted by Crippen LogP contribution is -2.42. The van der Waals surface area contributed by atoms with Crippen LogP contribution < -0.4 is 10.1 Å². The first-order chi connectivity index (χ1) is 15.5. The van der Waals surface area contributed by atoms with E-state index in [9.17, 15) is 14.7 Å². The van der Waals surface area contributed by atoms with E-state index >= 15 is 0 Å². The van der Waals surface area contributed by atoms with Crippen molar-refractivity contribution in [3.05, 3.63) is 87.9 Å². The van der Waals surface area contributed by atoms with Gasteiger partial charge < -0.3 is 19.9 Å². The van der Waals surface area contributed by atoms with Crippen molar-refractivity contribution in [2.45, 2.75) is 18.4 Å². The molecule has 3 aromatic rings. The summed E-state index contributed by atoms with van der Waals surface area (Å²) in [6, 6.07) is 20.2. The summed E-state index contributed by atoms with van der Waals surface area (Å²) in [5.41, 5.74) is 5.19. The van der Waals surface area contributed by atoms with Gasteiger partial charge in [-0.05, 0) is 55.9 Å². The van der Waals surface area contributed by atoms with Crippen molar-refractivity contribution in [3.8, 4) is 16.9 Å². The summed E-state index contributed by atoms with van der Waals surface area (Å²) in [6.45, 7) is 0.125. The van der Waals surface area contributed by atoms with Gasteiger partial charge >= 0.3 is 12.1 Å². The third-order valence-corrected chi connectivity index (χ3v) is 6.21. The normalized spacial score (nSPS) is 13.1. The highest BCUT2D eigenvalue weighted by atomic mass is 79.9. The maximum absolute atomic E-state index is 12.5. The quantitative estimate of drug-likeness (QED) is 0.482. The molecule has 7 heteroatoms. The first-order valence-electron chi connectivity index (χ1n) is 10.1. The van der Waals surface area contributed by atoms with Crippen molar-refractivity contribution in [2.24, 2.45) is 0 Å². The van der Waals surface area contributed by atoms with E-state index in [1.54, 1.807) is 25.3 Å². The molecule has 2 N–H and O–H groups in total. The van der Waals surface area contributed by atoms with Crippen LogP contribution in [-0.4, -0.2) is 36.9 Å². The molecule has 0 fully saturated rings. The third kappa shape index (κ3) is 4.48. The highest BCUT2D eigenvalue weighted by Gasteiger charge is 2.29. The Morgan fingerprint density at radius 1 is 1.03 bits per heavy atom. The van der Waals surface area contributed by atoms with Crippen LogP contribution in [0.4, 0.5) is 4.79 Å². The standard InChI is InChI=1S/C25H22BrNO5/c1-31-23-11-10-15(12-21(23)26)13-22(24(28)29)27-25(30)32-14-20-18-8-4-2-6-16(18)17-7-3-5-9-19(17)20/h2-12,20,22H,13-14H2,1H3,(H,27,30)(H,28,29). The van der Waals surface area contributed by atoms with E-state index in [2.05, 4.69) is 33.4 Å². The zero-order valence-electron chi connectivity index (χ0n) is 17.4. The summed E-state index contributed by atoms with van der Waals surface area (Å²) in [5, 5.41) is 12.1. The Labute approximate surface area is 194 Å². The summed E-state index contributed by atoms with van der Waals surface area (Å²) in [7, 11) is 1.55. The Morgan fingerprint density at radius 3 is 2.22 bits per heavy atom. The molecule has 0 saturated heterocycles. The summed E-state index contributed by atoms with van der Waals surface area (Å²) in [4.78, 5) is 24.2. The van der Waals surface area contributed by atoms with Crippen LogP contribution in [0.15, 0.2) is 71.2 Å². The van der Waals surface area contributed by atoms with Gasteiger partial charge in [0.25, 0.3) is 0 Å². The van der Waals surface area contributed by atoms with Crippen LogP contribution in [0.25, 0.3) is 11.1 Å². The van der Waals surface area contributed by atoms with E-state index < -0.39 is 18.1 Å². The molecule has 0 saturated carbocycles. The maximum atomic E-state index is 12.5. The molecular weight excluding hydrogens is 474 g/mol. The number of carboxylic acid groups (broad SMARTS) is 1. The molecular formula is C25H22BrNO5. The minimum Gasteiger partial charge on any atom is -0.496 e. The number of halogens is 1. The number of hydrogen-bond acceptors (Lipinski definition) is 4. The Balaban J connectivity index is 1.42. The molecule has 6 nitrogen and oxygen atoms in total. The van der Waals surface area contributed by atoms with Crippen molar-refractivity contribution in [1.29, 1.82) is 0 Å². The average Bonchev–Trinajstić information content (AvgIpc) is 3.11. The molecule has 0 aliphatic heterocycles. The molecule has 0 spiro atoms. The molecule has 164 valence electrons. The number of ether oxygens (including phenoxy) is 2. The highest BCUT2D eigenvalue weighted by Crippen LogP contribution is 2.44. The van der Waals surface area contributed by atoms with Gasteiger partial charge in [0.05, 0.1) is 11.6 Å². The fraction of sp³-hybridized carbons (Fsp3) is 0.200. The lowest BCUT2D eigenvalue weighted by Gasteiger charge is -2.18. The fourth-order valence-corrected chi connectivity index (χ4v) is 4.64. The number of nitrogens with one attached hydrogen (secondary N) is 1. The smallest absolute Gasteiger partial charge is 0.407 e. The number of benzene rings is 3. The molecule has 0 radical (unpaired) electrons. The first-order valence-corrected chi connectivity index (χ1v) is 10.9. The molecule has 0 heterocycles. The van der Waals surface area contributed by atoms with Crippen LogP contribution in [0.1, 0.15) is 22.6 Å². The molecule has 1 unspecified atom stereocenters. The number of methoxy groups -OCH3 is 1. The first kappa shape index (κ1) is 21.9. The van der Waals surface area contributed by atoms with Crippen LogP contribution in [0, 0.1) is 0 Å². The molecule has 1 amide bonds. The molecule has 4 rings (SSSR count). The van der Waals surface area contributed by atoms with Gasteiger partial charge in [-0.3, -0.25) is 0 Å². The van der Waals surface area contributed by atoms with Gasteiger partial charge in [0.2, 0.25) is 0 Å². The number of rotatable bonds is 7. The van der Waals surface area contributed by atoms with E-state index in [4.69, 9.17) is 9.47 Å². The van der Waals surface area contributed by atoms with Gasteiger partial charge in [-0.1, -0.05) is 54.6 Å².